The largest absolute Gasteiger partial charge is 0.453 e. The summed E-state index contributed by atoms with van der Waals surface area (Å²) < 4.78 is 80.2. The monoisotopic (exact) mass is 533 g/mol. The van der Waals surface area contributed by atoms with E-state index >= 15 is 0 Å². The zero-order chi connectivity index (χ0) is 26.4. The highest BCUT2D eigenvalue weighted by Crippen LogP contribution is 2.59. The Kier molecular flexibility index (Phi) is 4.69. The van der Waals surface area contributed by atoms with Crippen LogP contribution in [0.25, 0.3) is 0 Å². The van der Waals surface area contributed by atoms with Gasteiger partial charge in [0.25, 0.3) is 20.2 Å². The number of carbonyl (C=O) groups excluding carboxylic acids is 2. The lowest BCUT2D eigenvalue weighted by molar-refractivity contribution is 0.0221. The predicted molar refractivity (Wildman–Crippen MR) is 122 cm³/mol. The average molecular weight is 533 g/mol. The highest BCUT2D eigenvalue weighted by molar-refractivity contribution is 7.86. The molecule has 3 aromatic rings. The predicted octanol–water partition coefficient (Wildman–Crippen LogP) is 1.01. The van der Waals surface area contributed by atoms with Gasteiger partial charge in [-0.25, -0.2) is 4.79 Å². The summed E-state index contributed by atoms with van der Waals surface area (Å²) in [5, 5.41) is 0. The lowest BCUT2D eigenvalue weighted by Crippen LogP contribution is -2.34. The lowest BCUT2D eigenvalue weighted by Gasteiger charge is -2.37. The number of hydrogen-bond donors (Lipinski definition) is 5. The van der Waals surface area contributed by atoms with E-state index in [0.717, 1.165) is 18.2 Å². The second-order valence-corrected chi connectivity index (χ2v) is 10.7. The first-order valence-electron chi connectivity index (χ1n) is 9.84. The van der Waals surface area contributed by atoms with E-state index in [1.165, 1.54) is 24.3 Å². The van der Waals surface area contributed by atoms with E-state index < -0.39 is 70.4 Å². The van der Waals surface area contributed by atoms with Crippen LogP contribution in [0.5, 0.6) is 11.5 Å². The molecule has 0 saturated carbocycles. The molecule has 13 nitrogen and oxygen atoms in total. The number of anilines is 2. The van der Waals surface area contributed by atoms with Gasteiger partial charge in [-0.15, -0.1) is 0 Å². The molecule has 0 saturated heterocycles. The molecule has 1 spiro atoms. The summed E-state index contributed by atoms with van der Waals surface area (Å²) in [5.74, 6) is -3.15. The van der Waals surface area contributed by atoms with Crippen LogP contribution in [0.1, 0.15) is 37.4 Å². The van der Waals surface area contributed by atoms with Crippen LogP contribution in [-0.4, -0.2) is 37.8 Å². The van der Waals surface area contributed by atoms with Crippen LogP contribution in [0.3, 0.4) is 0 Å². The van der Waals surface area contributed by atoms with Crippen LogP contribution in [0.4, 0.5) is 11.4 Å². The van der Waals surface area contributed by atoms with Gasteiger partial charge in [-0.05, 0) is 36.4 Å². The number of nitrogen functional groups attached to an aromatic ring is 2. The second kappa shape index (κ2) is 7.17. The third kappa shape index (κ3) is 3.07. The molecule has 2 aliphatic rings. The van der Waals surface area contributed by atoms with Crippen molar-refractivity contribution in [2.45, 2.75) is 15.4 Å². The number of primary amides is 1. The number of carbonyl (C=O) groups is 2. The molecule has 36 heavy (non-hydrogen) atoms. The number of esters is 1. The molecule has 0 unspecified atom stereocenters. The Balaban J connectivity index is 2.00. The number of fused-ring (bicyclic) bond motifs is 6. The highest BCUT2D eigenvalue weighted by Gasteiger charge is 2.56. The molecule has 15 heteroatoms. The molecule has 2 aliphatic heterocycles. The lowest BCUT2D eigenvalue weighted by atomic mass is 9.77. The number of amides is 1. The van der Waals surface area contributed by atoms with Gasteiger partial charge in [0.2, 0.25) is 5.91 Å². The Morgan fingerprint density at radius 2 is 1.28 bits per heavy atom. The van der Waals surface area contributed by atoms with Crippen molar-refractivity contribution in [3.8, 4) is 11.5 Å². The summed E-state index contributed by atoms with van der Waals surface area (Å²) in [5.41, 5.74) is 13.5. The molecule has 0 aliphatic carbocycles. The second-order valence-electron chi connectivity index (χ2n) is 7.97. The molecule has 3 aromatic carbocycles. The molecule has 0 atom stereocenters. The topological polar surface area (TPSA) is 239 Å². The number of nitrogens with two attached hydrogens (primary N) is 3. The summed E-state index contributed by atoms with van der Waals surface area (Å²) in [4.78, 5) is 22.8. The van der Waals surface area contributed by atoms with Gasteiger partial charge in [-0.3, -0.25) is 13.9 Å². The van der Waals surface area contributed by atoms with Gasteiger partial charge in [-0.1, -0.05) is 6.07 Å². The van der Waals surface area contributed by atoms with Crippen molar-refractivity contribution in [3.63, 3.8) is 0 Å². The maximum absolute atomic E-state index is 13.0. The fourth-order valence-electron chi connectivity index (χ4n) is 4.51. The minimum atomic E-state index is -5.09. The first kappa shape index (κ1) is 23.6. The Hall–Kier alpha value is -4.18. The van der Waals surface area contributed by atoms with Crippen LogP contribution < -0.4 is 21.9 Å². The van der Waals surface area contributed by atoms with Crippen molar-refractivity contribution in [3.05, 3.63) is 70.3 Å². The molecule has 5 rings (SSSR count). The van der Waals surface area contributed by atoms with Gasteiger partial charge >= 0.3 is 5.97 Å². The van der Waals surface area contributed by atoms with Gasteiger partial charge in [0.1, 0.15) is 0 Å². The van der Waals surface area contributed by atoms with Crippen LogP contribution in [0.2, 0.25) is 0 Å². The summed E-state index contributed by atoms with van der Waals surface area (Å²) in [6.45, 7) is 0. The third-order valence-electron chi connectivity index (χ3n) is 5.91. The zero-order valence-electron chi connectivity index (χ0n) is 17.8. The van der Waals surface area contributed by atoms with Crippen LogP contribution >= 0.6 is 0 Å². The van der Waals surface area contributed by atoms with E-state index in [2.05, 4.69) is 0 Å². The van der Waals surface area contributed by atoms with Gasteiger partial charge < -0.3 is 26.7 Å². The van der Waals surface area contributed by atoms with E-state index in [-0.39, 0.29) is 27.8 Å². The van der Waals surface area contributed by atoms with Crippen LogP contribution in [0, 0.1) is 0 Å². The highest BCUT2D eigenvalue weighted by atomic mass is 32.2. The molecule has 8 N–H and O–H groups in total. The molecule has 0 bridgehead atoms. The van der Waals surface area contributed by atoms with Crippen molar-refractivity contribution in [2.24, 2.45) is 5.73 Å². The van der Waals surface area contributed by atoms with E-state index in [9.17, 15) is 35.5 Å². The standard InChI is InChI=1S/C21H15N3O10S2/c22-13-5-3-11-15(17(13)35(27,28)29)33-16-12(4-6-14(23)18(16)36(30,31)32)21(11)10-2-1-8(19(24)25)7-9(10)20(26)34-21/h1-7H,22-23H2,(H2,24,25)(H,27,28,29)(H,30,31,32). The van der Waals surface area contributed by atoms with Crippen molar-refractivity contribution in [1.82, 2.24) is 0 Å². The number of benzene rings is 3. The van der Waals surface area contributed by atoms with Crippen molar-refractivity contribution in [2.75, 3.05) is 11.5 Å². The zero-order valence-corrected chi connectivity index (χ0v) is 19.4. The molecular formula is C21H15N3O10S2. The quantitative estimate of drug-likeness (QED) is 0.180. The third-order valence-corrected chi connectivity index (χ3v) is 7.79. The minimum absolute atomic E-state index is 0.0397. The van der Waals surface area contributed by atoms with Gasteiger partial charge in [-0.2, -0.15) is 16.8 Å². The average Bonchev–Trinajstić information content (AvgIpc) is 3.04. The fourth-order valence-corrected chi connectivity index (χ4v) is 6.02. The number of rotatable bonds is 3. The Labute approximate surface area is 202 Å². The Bertz CT molecular complexity index is 1680. The van der Waals surface area contributed by atoms with Gasteiger partial charge in [0.15, 0.2) is 26.9 Å². The smallest absolute Gasteiger partial charge is 0.340 e. The molecule has 1 amide bonds. The molecule has 0 aromatic heterocycles. The fraction of sp³-hybridized carbons (Fsp3) is 0.0476. The molecule has 2 heterocycles. The Morgan fingerprint density at radius 1 is 0.806 bits per heavy atom. The summed E-state index contributed by atoms with van der Waals surface area (Å²) in [6.07, 6.45) is 0. The maximum atomic E-state index is 13.0. The molecule has 186 valence electrons. The van der Waals surface area contributed by atoms with E-state index in [0.29, 0.717) is 0 Å². The first-order chi connectivity index (χ1) is 16.7. The Morgan fingerprint density at radius 3 is 1.72 bits per heavy atom. The molecule has 0 radical (unpaired) electrons. The normalized spacial score (nSPS) is 15.4. The van der Waals surface area contributed by atoms with E-state index in [4.69, 9.17) is 26.7 Å². The van der Waals surface area contributed by atoms with Gasteiger partial charge in [0, 0.05) is 22.3 Å². The molecular weight excluding hydrogens is 518 g/mol. The summed E-state index contributed by atoms with van der Waals surface area (Å²) in [7, 11) is -10.2. The van der Waals surface area contributed by atoms with Crippen molar-refractivity contribution < 1.29 is 45.0 Å². The SMILES string of the molecule is NC(=O)c1ccc2c(c1)C(=O)OC21c2ccc(N)c(S(=O)(=O)O)c2Oc2c1ccc(N)c2S(=O)(=O)O. The van der Waals surface area contributed by atoms with E-state index in [1.54, 1.807) is 0 Å². The van der Waals surface area contributed by atoms with Crippen molar-refractivity contribution >= 4 is 43.5 Å². The first-order valence-corrected chi connectivity index (χ1v) is 12.7. The number of hydrogen-bond acceptors (Lipinski definition) is 10. The van der Waals surface area contributed by atoms with Crippen LogP contribution in [0.15, 0.2) is 52.3 Å². The maximum Gasteiger partial charge on any atom is 0.340 e. The summed E-state index contributed by atoms with van der Waals surface area (Å²) >= 11 is 0. The number of ether oxygens (including phenoxy) is 2. The molecule has 0 fully saturated rings. The van der Waals surface area contributed by atoms with Crippen molar-refractivity contribution in [1.29, 1.82) is 0 Å². The van der Waals surface area contributed by atoms with E-state index in [1.807, 2.05) is 0 Å². The van der Waals surface area contributed by atoms with Crippen LogP contribution in [-0.2, 0) is 30.6 Å². The van der Waals surface area contributed by atoms with Gasteiger partial charge in [0.05, 0.1) is 16.9 Å². The minimum Gasteiger partial charge on any atom is -0.453 e. The summed E-state index contributed by atoms with van der Waals surface area (Å²) in [6, 6.07) is 8.50.